The van der Waals surface area contributed by atoms with Crippen LogP contribution < -0.4 is 0 Å². The second kappa shape index (κ2) is 5.65. The standard InChI is InChI=1S/C13H18ClNO/c1-10(11-2-6-15-7-3-11)13(14)12-4-8-16-9-5-12/h2-3,6-7,10,12-13H,4-5,8-9H2,1H3. The fourth-order valence-electron chi connectivity index (χ4n) is 2.29. The first-order chi connectivity index (χ1) is 7.79. The molecule has 2 rings (SSSR count). The normalized spacial score (nSPS) is 21.6. The van der Waals surface area contributed by atoms with Crippen molar-refractivity contribution in [2.75, 3.05) is 13.2 Å². The van der Waals surface area contributed by atoms with E-state index >= 15 is 0 Å². The largest absolute Gasteiger partial charge is 0.381 e. The molecule has 0 spiro atoms. The Balaban J connectivity index is 2.00. The average molecular weight is 240 g/mol. The first-order valence-electron chi connectivity index (χ1n) is 5.91. The monoisotopic (exact) mass is 239 g/mol. The molecule has 0 aliphatic carbocycles. The van der Waals surface area contributed by atoms with Crippen molar-refractivity contribution in [1.29, 1.82) is 0 Å². The van der Waals surface area contributed by atoms with Gasteiger partial charge in [-0.25, -0.2) is 0 Å². The van der Waals surface area contributed by atoms with Crippen LogP contribution >= 0.6 is 11.6 Å². The zero-order valence-electron chi connectivity index (χ0n) is 9.60. The molecule has 2 heterocycles. The summed E-state index contributed by atoms with van der Waals surface area (Å²) in [6, 6.07) is 4.11. The van der Waals surface area contributed by atoms with Crippen molar-refractivity contribution < 1.29 is 4.74 Å². The molecule has 1 aliphatic rings. The average Bonchev–Trinajstić information content (AvgIpc) is 2.39. The van der Waals surface area contributed by atoms with Gasteiger partial charge in [-0.15, -0.1) is 11.6 Å². The van der Waals surface area contributed by atoms with Crippen LogP contribution in [0.2, 0.25) is 0 Å². The number of alkyl halides is 1. The van der Waals surface area contributed by atoms with E-state index in [4.69, 9.17) is 16.3 Å². The lowest BCUT2D eigenvalue weighted by atomic mass is 9.86. The van der Waals surface area contributed by atoms with Crippen molar-refractivity contribution in [2.45, 2.75) is 31.1 Å². The molecule has 2 atom stereocenters. The topological polar surface area (TPSA) is 22.1 Å². The summed E-state index contributed by atoms with van der Waals surface area (Å²) in [6.45, 7) is 3.91. The van der Waals surface area contributed by atoms with E-state index in [1.54, 1.807) is 0 Å². The predicted octanol–water partition coefficient (Wildman–Crippen LogP) is 3.22. The highest BCUT2D eigenvalue weighted by Crippen LogP contribution is 2.33. The van der Waals surface area contributed by atoms with E-state index in [2.05, 4.69) is 24.0 Å². The Hall–Kier alpha value is -0.600. The van der Waals surface area contributed by atoms with E-state index in [1.807, 2.05) is 12.4 Å². The van der Waals surface area contributed by atoms with Crippen LogP contribution in [0.25, 0.3) is 0 Å². The van der Waals surface area contributed by atoms with Crippen LogP contribution in [0.3, 0.4) is 0 Å². The molecule has 2 unspecified atom stereocenters. The summed E-state index contributed by atoms with van der Waals surface area (Å²) < 4.78 is 5.37. The van der Waals surface area contributed by atoms with Crippen LogP contribution in [0.1, 0.15) is 31.2 Å². The Bertz CT molecular complexity index is 311. The smallest absolute Gasteiger partial charge is 0.0469 e. The van der Waals surface area contributed by atoms with Crippen molar-refractivity contribution in [3.05, 3.63) is 30.1 Å². The van der Waals surface area contributed by atoms with Gasteiger partial charge in [-0.05, 0) is 42.4 Å². The van der Waals surface area contributed by atoms with Gasteiger partial charge in [0.25, 0.3) is 0 Å². The van der Waals surface area contributed by atoms with Gasteiger partial charge >= 0.3 is 0 Å². The third kappa shape index (κ3) is 2.74. The van der Waals surface area contributed by atoms with Crippen molar-refractivity contribution in [2.24, 2.45) is 5.92 Å². The van der Waals surface area contributed by atoms with Gasteiger partial charge in [0, 0.05) is 31.0 Å². The summed E-state index contributed by atoms with van der Waals surface area (Å²) in [5, 5.41) is 0.200. The number of ether oxygens (including phenoxy) is 1. The van der Waals surface area contributed by atoms with Crippen molar-refractivity contribution in [3.63, 3.8) is 0 Å². The van der Waals surface area contributed by atoms with Crippen molar-refractivity contribution in [3.8, 4) is 0 Å². The molecule has 0 radical (unpaired) electrons. The second-order valence-electron chi connectivity index (χ2n) is 4.46. The van der Waals surface area contributed by atoms with Crippen LogP contribution in [-0.4, -0.2) is 23.6 Å². The summed E-state index contributed by atoms with van der Waals surface area (Å²) >= 11 is 6.57. The maximum absolute atomic E-state index is 6.57. The molecule has 1 fully saturated rings. The second-order valence-corrected chi connectivity index (χ2v) is 4.97. The molecule has 0 aromatic carbocycles. The highest BCUT2D eigenvalue weighted by atomic mass is 35.5. The van der Waals surface area contributed by atoms with Gasteiger partial charge < -0.3 is 4.74 Å². The van der Waals surface area contributed by atoms with Crippen molar-refractivity contribution in [1.82, 2.24) is 4.98 Å². The zero-order chi connectivity index (χ0) is 11.4. The Kier molecular flexibility index (Phi) is 4.19. The molecule has 1 aromatic rings. The summed E-state index contributed by atoms with van der Waals surface area (Å²) in [7, 11) is 0. The van der Waals surface area contributed by atoms with Gasteiger partial charge in [-0.2, -0.15) is 0 Å². The van der Waals surface area contributed by atoms with E-state index in [-0.39, 0.29) is 5.38 Å². The van der Waals surface area contributed by atoms with E-state index in [9.17, 15) is 0 Å². The number of pyridine rings is 1. The summed E-state index contributed by atoms with van der Waals surface area (Å²) in [5.41, 5.74) is 1.28. The van der Waals surface area contributed by atoms with Gasteiger partial charge in [0.2, 0.25) is 0 Å². The molecule has 1 aromatic heterocycles. The number of hydrogen-bond acceptors (Lipinski definition) is 2. The molecule has 16 heavy (non-hydrogen) atoms. The molecular weight excluding hydrogens is 222 g/mol. The van der Waals surface area contributed by atoms with E-state index < -0.39 is 0 Å². The number of hydrogen-bond donors (Lipinski definition) is 0. The van der Waals surface area contributed by atoms with Gasteiger partial charge in [-0.3, -0.25) is 4.98 Å². The number of aromatic nitrogens is 1. The fraction of sp³-hybridized carbons (Fsp3) is 0.615. The highest BCUT2D eigenvalue weighted by molar-refractivity contribution is 6.21. The quantitative estimate of drug-likeness (QED) is 0.756. The summed E-state index contributed by atoms with van der Waals surface area (Å²) in [6.07, 6.45) is 5.84. The van der Waals surface area contributed by atoms with E-state index in [1.165, 1.54) is 5.56 Å². The van der Waals surface area contributed by atoms with Gasteiger partial charge in [0.05, 0.1) is 0 Å². The molecule has 2 nitrogen and oxygen atoms in total. The lowest BCUT2D eigenvalue weighted by Gasteiger charge is -2.30. The van der Waals surface area contributed by atoms with Crippen LogP contribution in [0.5, 0.6) is 0 Å². The lowest BCUT2D eigenvalue weighted by molar-refractivity contribution is 0.0634. The minimum atomic E-state index is 0.200. The minimum absolute atomic E-state index is 0.200. The third-order valence-electron chi connectivity index (χ3n) is 3.43. The molecule has 0 amide bonds. The number of nitrogens with zero attached hydrogens (tertiary/aromatic N) is 1. The Morgan fingerprint density at radius 1 is 1.31 bits per heavy atom. The summed E-state index contributed by atoms with van der Waals surface area (Å²) in [4.78, 5) is 4.04. The van der Waals surface area contributed by atoms with Crippen LogP contribution in [0.15, 0.2) is 24.5 Å². The van der Waals surface area contributed by atoms with Gasteiger partial charge in [0.15, 0.2) is 0 Å². The lowest BCUT2D eigenvalue weighted by Crippen LogP contribution is -2.27. The van der Waals surface area contributed by atoms with Gasteiger partial charge in [-0.1, -0.05) is 6.92 Å². The Morgan fingerprint density at radius 3 is 2.56 bits per heavy atom. The molecule has 3 heteroatoms. The molecular formula is C13H18ClNO. The predicted molar refractivity (Wildman–Crippen MR) is 65.8 cm³/mol. The van der Waals surface area contributed by atoms with Gasteiger partial charge in [0.1, 0.15) is 0 Å². The Labute approximate surface area is 102 Å². The SMILES string of the molecule is CC(c1ccncc1)C(Cl)C1CCOCC1. The fourth-order valence-corrected chi connectivity index (χ4v) is 2.69. The van der Waals surface area contributed by atoms with Crippen LogP contribution in [0, 0.1) is 5.92 Å². The highest BCUT2D eigenvalue weighted by Gasteiger charge is 2.27. The number of rotatable bonds is 3. The first kappa shape index (κ1) is 11.9. The molecule has 88 valence electrons. The van der Waals surface area contributed by atoms with Crippen LogP contribution in [-0.2, 0) is 4.74 Å². The zero-order valence-corrected chi connectivity index (χ0v) is 10.4. The summed E-state index contributed by atoms with van der Waals surface area (Å²) in [5.74, 6) is 0.964. The molecule has 0 N–H and O–H groups in total. The first-order valence-corrected chi connectivity index (χ1v) is 6.34. The maximum atomic E-state index is 6.57. The van der Waals surface area contributed by atoms with Crippen molar-refractivity contribution >= 4 is 11.6 Å². The molecule has 1 aliphatic heterocycles. The molecule has 1 saturated heterocycles. The Morgan fingerprint density at radius 2 is 1.94 bits per heavy atom. The third-order valence-corrected chi connectivity index (χ3v) is 4.16. The van der Waals surface area contributed by atoms with Crippen LogP contribution in [0.4, 0.5) is 0 Å². The minimum Gasteiger partial charge on any atom is -0.381 e. The van der Waals surface area contributed by atoms with E-state index in [0.29, 0.717) is 11.8 Å². The maximum Gasteiger partial charge on any atom is 0.0469 e. The van der Waals surface area contributed by atoms with E-state index in [0.717, 1.165) is 26.1 Å². The molecule has 0 saturated carbocycles. The number of halogens is 1. The molecule has 0 bridgehead atoms.